The van der Waals surface area contributed by atoms with Gasteiger partial charge in [0.25, 0.3) is 0 Å². The van der Waals surface area contributed by atoms with Gasteiger partial charge >= 0.3 is 5.97 Å². The fourth-order valence-corrected chi connectivity index (χ4v) is 1.49. The van der Waals surface area contributed by atoms with Crippen molar-refractivity contribution in [1.82, 2.24) is 4.98 Å². The normalized spacial score (nSPS) is 10.3. The Morgan fingerprint density at radius 3 is 2.88 bits per heavy atom. The van der Waals surface area contributed by atoms with Crippen LogP contribution in [0.4, 0.5) is 5.69 Å². The first-order valence-corrected chi connectivity index (χ1v) is 4.59. The average molecular weight is 218 g/mol. The van der Waals surface area contributed by atoms with Crippen molar-refractivity contribution < 1.29 is 14.6 Å². The molecule has 0 unspecified atom stereocenters. The van der Waals surface area contributed by atoms with Crippen molar-refractivity contribution in [3.63, 3.8) is 0 Å². The van der Waals surface area contributed by atoms with E-state index in [4.69, 9.17) is 15.6 Å². The summed E-state index contributed by atoms with van der Waals surface area (Å²) < 4.78 is 5.04. The van der Waals surface area contributed by atoms with Crippen LogP contribution >= 0.6 is 0 Å². The number of nitrogens with zero attached hydrogens (tertiary/aromatic N) is 1. The molecule has 2 aromatic rings. The Bertz CT molecular complexity index is 566. The second kappa shape index (κ2) is 3.69. The highest BCUT2D eigenvalue weighted by atomic mass is 16.5. The van der Waals surface area contributed by atoms with Gasteiger partial charge in [0.1, 0.15) is 11.3 Å². The van der Waals surface area contributed by atoms with E-state index in [1.54, 1.807) is 25.3 Å². The van der Waals surface area contributed by atoms with Gasteiger partial charge in [0.05, 0.1) is 18.3 Å². The molecule has 82 valence electrons. The number of methoxy groups -OCH3 is 1. The molecule has 0 aliphatic carbocycles. The minimum Gasteiger partial charge on any atom is -0.497 e. The third-order valence-corrected chi connectivity index (χ3v) is 2.35. The van der Waals surface area contributed by atoms with Gasteiger partial charge in [-0.1, -0.05) is 0 Å². The summed E-state index contributed by atoms with van der Waals surface area (Å²) in [4.78, 5) is 14.9. The second-order valence-electron chi connectivity index (χ2n) is 3.27. The van der Waals surface area contributed by atoms with Gasteiger partial charge in [0, 0.05) is 17.6 Å². The molecule has 0 fully saturated rings. The van der Waals surface area contributed by atoms with Crippen LogP contribution in [-0.4, -0.2) is 23.2 Å². The van der Waals surface area contributed by atoms with Crippen LogP contribution in [0.5, 0.6) is 5.75 Å². The zero-order valence-electron chi connectivity index (χ0n) is 8.60. The van der Waals surface area contributed by atoms with Crippen molar-refractivity contribution in [2.75, 3.05) is 12.8 Å². The summed E-state index contributed by atoms with van der Waals surface area (Å²) in [6, 6.07) is 5.12. The van der Waals surface area contributed by atoms with Gasteiger partial charge < -0.3 is 15.6 Å². The number of ether oxygens (including phenoxy) is 1. The van der Waals surface area contributed by atoms with Crippen molar-refractivity contribution in [2.45, 2.75) is 0 Å². The number of nitrogens with two attached hydrogens (primary N) is 1. The van der Waals surface area contributed by atoms with Crippen LogP contribution in [0, 0.1) is 0 Å². The molecule has 0 amide bonds. The van der Waals surface area contributed by atoms with Crippen LogP contribution in [-0.2, 0) is 0 Å². The number of aromatic carboxylic acids is 1. The summed E-state index contributed by atoms with van der Waals surface area (Å²) in [5.41, 5.74) is 6.60. The fraction of sp³-hybridized carbons (Fsp3) is 0.0909. The third-order valence-electron chi connectivity index (χ3n) is 2.35. The Balaban J connectivity index is 2.71. The largest absolute Gasteiger partial charge is 0.497 e. The van der Waals surface area contributed by atoms with Gasteiger partial charge in [-0.05, 0) is 12.1 Å². The molecule has 5 nitrogen and oxygen atoms in total. The third kappa shape index (κ3) is 1.52. The molecule has 0 saturated heterocycles. The van der Waals surface area contributed by atoms with Crippen LogP contribution in [0.3, 0.4) is 0 Å². The minimum absolute atomic E-state index is 0.0117. The standard InChI is InChI=1S/C11H10N2O3/c1-16-6-2-3-7-9(4-6)13-5-8(10(7)12)11(14)15/h2-5H,1H3,(H2,12,13)(H,14,15). The number of pyridine rings is 1. The molecule has 3 N–H and O–H groups in total. The number of carboxylic acids is 1. The maximum atomic E-state index is 10.8. The van der Waals surface area contributed by atoms with Crippen LogP contribution in [0.1, 0.15) is 10.4 Å². The summed E-state index contributed by atoms with van der Waals surface area (Å²) in [6.45, 7) is 0. The van der Waals surface area contributed by atoms with Crippen LogP contribution in [0.15, 0.2) is 24.4 Å². The lowest BCUT2D eigenvalue weighted by Crippen LogP contribution is -2.04. The fourth-order valence-electron chi connectivity index (χ4n) is 1.49. The summed E-state index contributed by atoms with van der Waals surface area (Å²) >= 11 is 0. The van der Waals surface area contributed by atoms with Gasteiger partial charge in [0.2, 0.25) is 0 Å². The van der Waals surface area contributed by atoms with E-state index in [1.165, 1.54) is 6.20 Å². The number of nitrogen functional groups attached to an aromatic ring is 1. The second-order valence-corrected chi connectivity index (χ2v) is 3.27. The lowest BCUT2D eigenvalue weighted by molar-refractivity contribution is 0.0698. The monoisotopic (exact) mass is 218 g/mol. The molecule has 0 aliphatic heterocycles. The molecule has 0 bridgehead atoms. The molecule has 1 aromatic carbocycles. The van der Waals surface area contributed by atoms with Gasteiger partial charge in [-0.25, -0.2) is 4.79 Å². The number of carboxylic acid groups (broad SMARTS) is 1. The Hall–Kier alpha value is -2.30. The lowest BCUT2D eigenvalue weighted by Gasteiger charge is -2.06. The molecule has 0 radical (unpaired) electrons. The van der Waals surface area contributed by atoms with E-state index in [0.717, 1.165) is 0 Å². The first-order valence-electron chi connectivity index (χ1n) is 4.59. The quantitative estimate of drug-likeness (QED) is 0.798. The predicted octanol–water partition coefficient (Wildman–Crippen LogP) is 1.52. The minimum atomic E-state index is -1.08. The summed E-state index contributed by atoms with van der Waals surface area (Å²) in [7, 11) is 1.55. The van der Waals surface area contributed by atoms with Gasteiger partial charge in [0.15, 0.2) is 0 Å². The van der Waals surface area contributed by atoms with E-state index in [-0.39, 0.29) is 11.3 Å². The van der Waals surface area contributed by atoms with Crippen LogP contribution < -0.4 is 10.5 Å². The highest BCUT2D eigenvalue weighted by molar-refractivity contribution is 6.03. The van der Waals surface area contributed by atoms with Gasteiger partial charge in [-0.2, -0.15) is 0 Å². The SMILES string of the molecule is COc1ccc2c(N)c(C(=O)O)cnc2c1. The molecule has 0 atom stereocenters. The van der Waals surface area contributed by atoms with E-state index >= 15 is 0 Å². The molecule has 5 heteroatoms. The molecule has 16 heavy (non-hydrogen) atoms. The van der Waals surface area contributed by atoms with Crippen LogP contribution in [0.2, 0.25) is 0 Å². The number of hydrogen-bond donors (Lipinski definition) is 2. The first kappa shape index (κ1) is 10.2. The average Bonchev–Trinajstić information content (AvgIpc) is 2.28. The molecule has 2 rings (SSSR count). The first-order chi connectivity index (χ1) is 7.63. The molecule has 1 aromatic heterocycles. The molecule has 0 aliphatic rings. The number of rotatable bonds is 2. The number of carbonyl (C=O) groups is 1. The summed E-state index contributed by atoms with van der Waals surface area (Å²) in [5, 5.41) is 9.49. The van der Waals surface area contributed by atoms with Crippen LogP contribution in [0.25, 0.3) is 10.9 Å². The maximum Gasteiger partial charge on any atom is 0.339 e. The Kier molecular flexibility index (Phi) is 2.36. The number of aromatic nitrogens is 1. The number of anilines is 1. The van der Waals surface area contributed by atoms with E-state index in [2.05, 4.69) is 4.98 Å². The van der Waals surface area contributed by atoms with Crippen molar-refractivity contribution >= 4 is 22.6 Å². The summed E-state index contributed by atoms with van der Waals surface area (Å²) in [6.07, 6.45) is 1.25. The maximum absolute atomic E-state index is 10.8. The highest BCUT2D eigenvalue weighted by Crippen LogP contribution is 2.26. The van der Waals surface area contributed by atoms with Crippen molar-refractivity contribution in [3.8, 4) is 5.75 Å². The molecular formula is C11H10N2O3. The van der Waals surface area contributed by atoms with E-state index < -0.39 is 5.97 Å². The Morgan fingerprint density at radius 2 is 2.25 bits per heavy atom. The van der Waals surface area contributed by atoms with Crippen molar-refractivity contribution in [3.05, 3.63) is 30.0 Å². The van der Waals surface area contributed by atoms with E-state index in [0.29, 0.717) is 16.7 Å². The Morgan fingerprint density at radius 1 is 1.50 bits per heavy atom. The number of hydrogen-bond acceptors (Lipinski definition) is 4. The smallest absolute Gasteiger partial charge is 0.339 e. The predicted molar refractivity (Wildman–Crippen MR) is 59.7 cm³/mol. The van der Waals surface area contributed by atoms with E-state index in [9.17, 15) is 4.79 Å². The topological polar surface area (TPSA) is 85.4 Å². The van der Waals surface area contributed by atoms with Crippen molar-refractivity contribution in [1.29, 1.82) is 0 Å². The lowest BCUT2D eigenvalue weighted by atomic mass is 10.1. The van der Waals surface area contributed by atoms with Gasteiger partial charge in [-0.3, -0.25) is 4.98 Å². The molecule has 0 saturated carbocycles. The van der Waals surface area contributed by atoms with Crippen molar-refractivity contribution in [2.24, 2.45) is 0 Å². The molecule has 1 heterocycles. The molecular weight excluding hydrogens is 208 g/mol. The summed E-state index contributed by atoms with van der Waals surface area (Å²) in [5.74, 6) is -0.426. The number of fused-ring (bicyclic) bond motifs is 1. The van der Waals surface area contributed by atoms with E-state index in [1.807, 2.05) is 0 Å². The van der Waals surface area contributed by atoms with Gasteiger partial charge in [-0.15, -0.1) is 0 Å². The molecule has 0 spiro atoms. The zero-order chi connectivity index (χ0) is 11.7. The Labute approximate surface area is 91.5 Å². The zero-order valence-corrected chi connectivity index (χ0v) is 8.60. The highest BCUT2D eigenvalue weighted by Gasteiger charge is 2.11. The number of benzene rings is 1.